The van der Waals surface area contributed by atoms with Crippen molar-refractivity contribution in [3.05, 3.63) is 88.1 Å². The summed E-state index contributed by atoms with van der Waals surface area (Å²) in [5.74, 6) is -4.93. The molecule has 0 aliphatic heterocycles. The minimum absolute atomic E-state index is 0.116. The molecule has 2 aromatic carbocycles. The predicted molar refractivity (Wildman–Crippen MR) is 139 cm³/mol. The van der Waals surface area contributed by atoms with Gasteiger partial charge in [-0.05, 0) is 48.9 Å². The molecule has 192 valence electrons. The van der Waals surface area contributed by atoms with Gasteiger partial charge in [-0.25, -0.2) is 4.39 Å². The summed E-state index contributed by atoms with van der Waals surface area (Å²) in [4.78, 5) is 52.7. The molecule has 4 rings (SSSR count). The lowest BCUT2D eigenvalue weighted by molar-refractivity contribution is -0.133. The summed E-state index contributed by atoms with van der Waals surface area (Å²) in [6.45, 7) is 2.39. The number of amides is 3. The highest BCUT2D eigenvalue weighted by molar-refractivity contribution is 6.30. The van der Waals surface area contributed by atoms with E-state index < -0.39 is 35.4 Å². The zero-order valence-electron chi connectivity index (χ0n) is 20.3. The van der Waals surface area contributed by atoms with Crippen molar-refractivity contribution in [2.24, 2.45) is 17.8 Å². The molecule has 0 radical (unpaired) electrons. The summed E-state index contributed by atoms with van der Waals surface area (Å²) in [6, 6.07) is 15.0. The maximum atomic E-state index is 14.9. The zero-order chi connectivity index (χ0) is 26.7. The van der Waals surface area contributed by atoms with Crippen LogP contribution in [0.2, 0.25) is 5.02 Å². The minimum atomic E-state index is -0.963. The van der Waals surface area contributed by atoms with E-state index in [1.54, 1.807) is 43.4 Å². The van der Waals surface area contributed by atoms with Crippen LogP contribution >= 0.6 is 11.6 Å². The summed E-state index contributed by atoms with van der Waals surface area (Å²) in [5.41, 5.74) is 0.326. The maximum Gasteiger partial charge on any atom is 0.255 e. The highest BCUT2D eigenvalue weighted by Crippen LogP contribution is 2.49. The standard InChI is InChI=1S/C27H26ClFN4O4/c1-3-13-32(2)27(37)24-22(25(35)30-17-9-7-16(28)8-10-17)23(24)26(36)31-20-12-11-18(15-19(20)29)33-14-5-4-6-21(33)34/h4-12,14-15,22-24H,3,13H2,1-2H3,(H,30,35)(H,31,36)/t22-,23+,24?/m1/s1. The first-order valence-electron chi connectivity index (χ1n) is 11.8. The number of rotatable bonds is 8. The van der Waals surface area contributed by atoms with Crippen molar-refractivity contribution in [2.75, 3.05) is 24.2 Å². The molecular formula is C27H26ClFN4O4. The van der Waals surface area contributed by atoms with Crippen molar-refractivity contribution in [2.45, 2.75) is 13.3 Å². The van der Waals surface area contributed by atoms with E-state index in [0.717, 1.165) is 12.5 Å². The van der Waals surface area contributed by atoms with Gasteiger partial charge in [0.05, 0.1) is 29.1 Å². The molecule has 1 heterocycles. The third-order valence-corrected chi connectivity index (χ3v) is 6.52. The molecule has 0 bridgehead atoms. The average Bonchev–Trinajstić information content (AvgIpc) is 3.63. The number of pyridine rings is 1. The third kappa shape index (κ3) is 5.72. The number of nitrogens with zero attached hydrogens (tertiary/aromatic N) is 2. The molecule has 1 unspecified atom stereocenters. The zero-order valence-corrected chi connectivity index (χ0v) is 21.0. The Morgan fingerprint density at radius 3 is 2.27 bits per heavy atom. The van der Waals surface area contributed by atoms with Crippen LogP contribution in [-0.2, 0) is 14.4 Å². The smallest absolute Gasteiger partial charge is 0.255 e. The highest BCUT2D eigenvalue weighted by Gasteiger charge is 2.63. The van der Waals surface area contributed by atoms with Crippen molar-refractivity contribution in [3.63, 3.8) is 0 Å². The van der Waals surface area contributed by atoms with Crippen molar-refractivity contribution in [1.82, 2.24) is 9.47 Å². The fourth-order valence-corrected chi connectivity index (χ4v) is 4.47. The lowest BCUT2D eigenvalue weighted by atomic mass is 10.2. The Bertz CT molecular complexity index is 1390. The second-order valence-electron chi connectivity index (χ2n) is 8.90. The second kappa shape index (κ2) is 11.0. The fourth-order valence-electron chi connectivity index (χ4n) is 4.34. The molecule has 1 saturated carbocycles. The molecule has 37 heavy (non-hydrogen) atoms. The molecule has 1 aliphatic rings. The number of carbonyl (C=O) groups is 3. The number of carbonyl (C=O) groups excluding carboxylic acids is 3. The van der Waals surface area contributed by atoms with Gasteiger partial charge in [-0.2, -0.15) is 0 Å². The van der Waals surface area contributed by atoms with Crippen LogP contribution in [0.15, 0.2) is 71.7 Å². The van der Waals surface area contributed by atoms with Gasteiger partial charge in [0, 0.05) is 42.6 Å². The lowest BCUT2D eigenvalue weighted by Gasteiger charge is -2.16. The van der Waals surface area contributed by atoms with Gasteiger partial charge in [-0.3, -0.25) is 23.7 Å². The number of anilines is 2. The van der Waals surface area contributed by atoms with Crippen molar-refractivity contribution in [3.8, 4) is 5.69 Å². The monoisotopic (exact) mass is 524 g/mol. The van der Waals surface area contributed by atoms with Crippen LogP contribution in [0.5, 0.6) is 0 Å². The van der Waals surface area contributed by atoms with Crippen LogP contribution in [0.25, 0.3) is 5.69 Å². The van der Waals surface area contributed by atoms with E-state index in [9.17, 15) is 23.6 Å². The van der Waals surface area contributed by atoms with Gasteiger partial charge in [0.1, 0.15) is 5.82 Å². The first kappa shape index (κ1) is 26.1. The molecule has 3 atom stereocenters. The molecule has 8 nitrogen and oxygen atoms in total. The number of hydrogen-bond donors (Lipinski definition) is 2. The van der Waals surface area contributed by atoms with Gasteiger partial charge < -0.3 is 15.5 Å². The summed E-state index contributed by atoms with van der Waals surface area (Å²) < 4.78 is 16.1. The number of hydrogen-bond acceptors (Lipinski definition) is 4. The van der Waals surface area contributed by atoms with E-state index in [1.165, 1.54) is 33.9 Å². The molecule has 2 N–H and O–H groups in total. The van der Waals surface area contributed by atoms with Crippen molar-refractivity contribution >= 4 is 40.7 Å². The fraction of sp³-hybridized carbons (Fsp3) is 0.259. The van der Waals surface area contributed by atoms with Gasteiger partial charge in [0.15, 0.2) is 0 Å². The Morgan fingerprint density at radius 2 is 1.65 bits per heavy atom. The topological polar surface area (TPSA) is 101 Å². The van der Waals surface area contributed by atoms with Gasteiger partial charge in [0.2, 0.25) is 17.7 Å². The molecule has 1 aromatic heterocycles. The van der Waals surface area contributed by atoms with Gasteiger partial charge in [-0.1, -0.05) is 24.6 Å². The normalized spacial score (nSPS) is 18.1. The van der Waals surface area contributed by atoms with E-state index in [1.807, 2.05) is 6.92 Å². The number of benzene rings is 2. The number of aromatic nitrogens is 1. The Labute approximate surface area is 218 Å². The van der Waals surface area contributed by atoms with Crippen LogP contribution in [0.3, 0.4) is 0 Å². The van der Waals surface area contributed by atoms with E-state index in [-0.39, 0.29) is 17.2 Å². The van der Waals surface area contributed by atoms with Gasteiger partial charge >= 0.3 is 0 Å². The Hall–Kier alpha value is -3.98. The van der Waals surface area contributed by atoms with Crippen LogP contribution < -0.4 is 16.2 Å². The summed E-state index contributed by atoms with van der Waals surface area (Å²) in [7, 11) is 1.62. The van der Waals surface area contributed by atoms with E-state index in [0.29, 0.717) is 22.9 Å². The SMILES string of the molecule is CCCN(C)C(=O)C1[C@@H](C(=O)Nc2ccc(-n3ccccc3=O)cc2F)[C@H]1C(=O)Nc1ccc(Cl)cc1. The van der Waals surface area contributed by atoms with Gasteiger partial charge in [-0.15, -0.1) is 0 Å². The minimum Gasteiger partial charge on any atom is -0.345 e. The van der Waals surface area contributed by atoms with Crippen LogP contribution in [0.4, 0.5) is 15.8 Å². The van der Waals surface area contributed by atoms with Crippen LogP contribution in [0.1, 0.15) is 13.3 Å². The summed E-state index contributed by atoms with van der Waals surface area (Å²) >= 11 is 5.90. The second-order valence-corrected chi connectivity index (χ2v) is 9.33. The molecule has 3 aromatic rings. The highest BCUT2D eigenvalue weighted by atomic mass is 35.5. The maximum absolute atomic E-state index is 14.9. The van der Waals surface area contributed by atoms with Crippen LogP contribution in [-0.4, -0.2) is 40.8 Å². The Balaban J connectivity index is 1.53. The first-order valence-corrected chi connectivity index (χ1v) is 12.2. The lowest BCUT2D eigenvalue weighted by Crippen LogP contribution is -2.31. The first-order chi connectivity index (χ1) is 17.7. The van der Waals surface area contributed by atoms with E-state index >= 15 is 0 Å². The van der Waals surface area contributed by atoms with E-state index in [2.05, 4.69) is 10.6 Å². The van der Waals surface area contributed by atoms with Crippen LogP contribution in [0, 0.1) is 23.6 Å². The molecule has 0 saturated heterocycles. The third-order valence-electron chi connectivity index (χ3n) is 6.27. The Kier molecular flexibility index (Phi) is 7.73. The Morgan fingerprint density at radius 1 is 0.973 bits per heavy atom. The molecule has 0 spiro atoms. The molecule has 10 heteroatoms. The summed E-state index contributed by atoms with van der Waals surface area (Å²) in [6.07, 6.45) is 2.22. The predicted octanol–water partition coefficient (Wildman–Crippen LogP) is 3.94. The largest absolute Gasteiger partial charge is 0.345 e. The summed E-state index contributed by atoms with van der Waals surface area (Å²) in [5, 5.41) is 5.73. The average molecular weight is 525 g/mol. The molecule has 1 fully saturated rings. The van der Waals surface area contributed by atoms with Gasteiger partial charge in [0.25, 0.3) is 5.56 Å². The molecule has 3 amide bonds. The molecular weight excluding hydrogens is 499 g/mol. The van der Waals surface area contributed by atoms with Crippen molar-refractivity contribution < 1.29 is 18.8 Å². The number of nitrogens with one attached hydrogen (secondary N) is 2. The van der Waals surface area contributed by atoms with E-state index in [4.69, 9.17) is 11.6 Å². The van der Waals surface area contributed by atoms with Crippen molar-refractivity contribution in [1.29, 1.82) is 0 Å². The molecule has 1 aliphatic carbocycles. The quantitative estimate of drug-likeness (QED) is 0.466. The number of halogens is 2.